The quantitative estimate of drug-likeness (QED) is 0.840. The first-order chi connectivity index (χ1) is 10.1. The Morgan fingerprint density at radius 1 is 1.29 bits per heavy atom. The van der Waals surface area contributed by atoms with Crippen molar-refractivity contribution in [2.45, 2.75) is 6.42 Å². The molecule has 9 heteroatoms. The Bertz CT molecular complexity index is 655. The number of pyridine rings is 1. The van der Waals surface area contributed by atoms with E-state index in [1.807, 2.05) is 0 Å². The summed E-state index contributed by atoms with van der Waals surface area (Å²) in [6.45, 7) is 0.275. The maximum Gasteiger partial charge on any atom is 0.180 e. The van der Waals surface area contributed by atoms with Crippen molar-refractivity contribution in [3.05, 3.63) is 46.9 Å². The molecule has 0 aromatic carbocycles. The van der Waals surface area contributed by atoms with Crippen molar-refractivity contribution >= 4 is 34.7 Å². The van der Waals surface area contributed by atoms with Crippen LogP contribution in [-0.4, -0.2) is 26.8 Å². The number of nitrogens with one attached hydrogen (secondary N) is 2. The van der Waals surface area contributed by atoms with Gasteiger partial charge in [-0.15, -0.1) is 5.10 Å². The summed E-state index contributed by atoms with van der Waals surface area (Å²) in [6, 6.07) is 2.53. The van der Waals surface area contributed by atoms with E-state index >= 15 is 0 Å². The number of aromatic nitrogens is 3. The molecule has 0 saturated carbocycles. The fourth-order valence-electron chi connectivity index (χ4n) is 1.48. The number of hydrogen-bond donors (Lipinski definition) is 2. The minimum absolute atomic E-state index is 0.0304. The van der Waals surface area contributed by atoms with Gasteiger partial charge in [0.15, 0.2) is 22.6 Å². The predicted octanol–water partition coefficient (Wildman–Crippen LogP) is 2.33. The molecule has 110 valence electrons. The first-order valence-electron chi connectivity index (χ1n) is 5.89. The van der Waals surface area contributed by atoms with E-state index in [9.17, 15) is 8.78 Å². The van der Waals surface area contributed by atoms with Crippen LogP contribution in [0.25, 0.3) is 0 Å². The lowest BCUT2D eigenvalue weighted by Gasteiger charge is -2.10. The molecule has 21 heavy (non-hydrogen) atoms. The monoisotopic (exact) mass is 329 g/mol. The van der Waals surface area contributed by atoms with Gasteiger partial charge < -0.3 is 10.6 Å². The molecule has 2 N–H and O–H groups in total. The molecular formula is C12H10ClF2N5S. The molecule has 2 rings (SSSR count). The van der Waals surface area contributed by atoms with E-state index in [0.29, 0.717) is 10.8 Å². The zero-order chi connectivity index (χ0) is 15.2. The number of nitrogens with zero attached hydrogens (tertiary/aromatic N) is 3. The van der Waals surface area contributed by atoms with Crippen LogP contribution in [0.1, 0.15) is 5.69 Å². The highest BCUT2D eigenvalue weighted by atomic mass is 35.5. The molecule has 2 aromatic heterocycles. The summed E-state index contributed by atoms with van der Waals surface area (Å²) in [5, 5.41) is 13.6. The molecule has 0 amide bonds. The molecular weight excluding hydrogens is 320 g/mol. The molecule has 0 saturated heterocycles. The number of hydrogen-bond acceptors (Lipinski definition) is 4. The van der Waals surface area contributed by atoms with Crippen molar-refractivity contribution in [3.8, 4) is 0 Å². The van der Waals surface area contributed by atoms with Gasteiger partial charge in [0.25, 0.3) is 0 Å². The van der Waals surface area contributed by atoms with Crippen LogP contribution in [0.3, 0.4) is 0 Å². The highest BCUT2D eigenvalue weighted by molar-refractivity contribution is 7.80. The molecule has 0 aliphatic rings. The first kappa shape index (κ1) is 15.5. The second kappa shape index (κ2) is 7.19. The third-order valence-corrected chi connectivity index (χ3v) is 3.02. The second-order valence-corrected chi connectivity index (χ2v) is 4.73. The summed E-state index contributed by atoms with van der Waals surface area (Å²) in [5.41, 5.74) is 0.0304. The van der Waals surface area contributed by atoms with E-state index in [0.717, 1.165) is 6.07 Å². The second-order valence-electron chi connectivity index (χ2n) is 3.91. The molecule has 0 atom stereocenters. The van der Waals surface area contributed by atoms with Crippen molar-refractivity contribution in [2.24, 2.45) is 0 Å². The van der Waals surface area contributed by atoms with Crippen LogP contribution in [0.4, 0.5) is 14.6 Å². The van der Waals surface area contributed by atoms with Gasteiger partial charge >= 0.3 is 0 Å². The minimum Gasteiger partial charge on any atom is -0.362 e. The van der Waals surface area contributed by atoms with E-state index in [1.54, 1.807) is 6.07 Å². The van der Waals surface area contributed by atoms with Gasteiger partial charge in [-0.05, 0) is 24.4 Å². The Balaban J connectivity index is 1.85. The standard InChI is InChI=1S/C12H10ClF2N5S/c13-7-1-6-18-20-11(7)19-12(21)17-5-3-9-10(15)8(14)2-4-16-9/h1-2,4,6H,3,5H2,(H2,17,19,20,21). The molecule has 0 aliphatic carbocycles. The highest BCUT2D eigenvalue weighted by Crippen LogP contribution is 2.15. The van der Waals surface area contributed by atoms with Crippen LogP contribution < -0.4 is 10.6 Å². The van der Waals surface area contributed by atoms with Crippen molar-refractivity contribution in [2.75, 3.05) is 11.9 Å². The van der Waals surface area contributed by atoms with Crippen molar-refractivity contribution in [3.63, 3.8) is 0 Å². The number of halogens is 3. The topological polar surface area (TPSA) is 62.7 Å². The summed E-state index contributed by atoms with van der Waals surface area (Å²) in [5.74, 6) is -1.56. The van der Waals surface area contributed by atoms with Gasteiger partial charge in [-0.2, -0.15) is 5.10 Å². The number of rotatable bonds is 4. The lowest BCUT2D eigenvalue weighted by molar-refractivity contribution is 0.491. The Morgan fingerprint density at radius 3 is 2.86 bits per heavy atom. The van der Waals surface area contributed by atoms with E-state index in [1.165, 1.54) is 12.4 Å². The van der Waals surface area contributed by atoms with Crippen LogP contribution in [0.2, 0.25) is 5.02 Å². The number of anilines is 1. The minimum atomic E-state index is -0.949. The fourth-order valence-corrected chi connectivity index (χ4v) is 1.82. The van der Waals surface area contributed by atoms with E-state index in [4.69, 9.17) is 23.8 Å². The van der Waals surface area contributed by atoms with Gasteiger partial charge in [0.05, 0.1) is 16.9 Å². The first-order valence-corrected chi connectivity index (χ1v) is 6.67. The molecule has 2 aromatic rings. The van der Waals surface area contributed by atoms with E-state index < -0.39 is 11.6 Å². The van der Waals surface area contributed by atoms with Crippen molar-refractivity contribution < 1.29 is 8.78 Å². The molecule has 0 bridgehead atoms. The Hall–Kier alpha value is -1.93. The Labute approximate surface area is 129 Å². The molecule has 0 aliphatic heterocycles. The summed E-state index contributed by atoms with van der Waals surface area (Å²) in [6.07, 6.45) is 2.84. The summed E-state index contributed by atoms with van der Waals surface area (Å²) >= 11 is 10.9. The molecule has 0 unspecified atom stereocenters. The van der Waals surface area contributed by atoms with E-state index in [-0.39, 0.29) is 23.8 Å². The SMILES string of the molecule is Fc1ccnc(CCNC(=S)Nc2nnccc2Cl)c1F. The number of thiocarbonyl (C=S) groups is 1. The average molecular weight is 330 g/mol. The zero-order valence-electron chi connectivity index (χ0n) is 10.6. The smallest absolute Gasteiger partial charge is 0.180 e. The van der Waals surface area contributed by atoms with Crippen molar-refractivity contribution in [1.29, 1.82) is 0 Å². The van der Waals surface area contributed by atoms with Gasteiger partial charge in [0.1, 0.15) is 0 Å². The lowest BCUT2D eigenvalue weighted by atomic mass is 10.2. The van der Waals surface area contributed by atoms with Crippen LogP contribution in [0.5, 0.6) is 0 Å². The van der Waals surface area contributed by atoms with Crippen LogP contribution in [0.15, 0.2) is 24.5 Å². The van der Waals surface area contributed by atoms with Gasteiger partial charge in [0.2, 0.25) is 0 Å². The van der Waals surface area contributed by atoms with Crippen LogP contribution in [-0.2, 0) is 6.42 Å². The van der Waals surface area contributed by atoms with E-state index in [2.05, 4.69) is 25.8 Å². The summed E-state index contributed by atoms with van der Waals surface area (Å²) in [4.78, 5) is 3.77. The molecule has 5 nitrogen and oxygen atoms in total. The normalized spacial score (nSPS) is 10.2. The molecule has 0 radical (unpaired) electrons. The third-order valence-electron chi connectivity index (χ3n) is 2.47. The largest absolute Gasteiger partial charge is 0.362 e. The van der Waals surface area contributed by atoms with Gasteiger partial charge in [-0.1, -0.05) is 11.6 Å². The summed E-state index contributed by atoms with van der Waals surface area (Å²) in [7, 11) is 0. The maximum atomic E-state index is 13.4. The summed E-state index contributed by atoms with van der Waals surface area (Å²) < 4.78 is 26.4. The van der Waals surface area contributed by atoms with Crippen LogP contribution >= 0.6 is 23.8 Å². The van der Waals surface area contributed by atoms with Gasteiger partial charge in [-0.3, -0.25) is 4.98 Å². The van der Waals surface area contributed by atoms with Crippen molar-refractivity contribution in [1.82, 2.24) is 20.5 Å². The maximum absolute atomic E-state index is 13.4. The average Bonchev–Trinajstić information content (AvgIpc) is 2.46. The highest BCUT2D eigenvalue weighted by Gasteiger charge is 2.09. The fraction of sp³-hybridized carbons (Fsp3) is 0.167. The predicted molar refractivity (Wildman–Crippen MR) is 79.1 cm³/mol. The lowest BCUT2D eigenvalue weighted by Crippen LogP contribution is -2.31. The Kier molecular flexibility index (Phi) is 5.29. The molecule has 0 fully saturated rings. The Morgan fingerprint density at radius 2 is 2.10 bits per heavy atom. The molecule has 2 heterocycles. The van der Waals surface area contributed by atoms with Gasteiger partial charge in [0, 0.05) is 19.2 Å². The third kappa shape index (κ3) is 4.27. The van der Waals surface area contributed by atoms with Crippen LogP contribution in [0, 0.1) is 11.6 Å². The molecule has 0 spiro atoms. The zero-order valence-corrected chi connectivity index (χ0v) is 12.2. The van der Waals surface area contributed by atoms with Gasteiger partial charge in [-0.25, -0.2) is 8.78 Å².